The highest BCUT2D eigenvalue weighted by Gasteiger charge is 2.09. The molecule has 4 rings (SSSR count). The van der Waals surface area contributed by atoms with E-state index in [-0.39, 0.29) is 0 Å². The van der Waals surface area contributed by atoms with Crippen LogP contribution in [0.3, 0.4) is 0 Å². The third-order valence-corrected chi connectivity index (χ3v) is 4.18. The number of fused-ring (bicyclic) bond motifs is 1. The van der Waals surface area contributed by atoms with Crippen molar-refractivity contribution in [3.05, 3.63) is 84.9 Å². The molecule has 0 saturated carbocycles. The first-order chi connectivity index (χ1) is 11.8. The SMILES string of the molecule is COc1ccc(-c2ccc3ccccc3n2)cc1-c1ccccc1. The number of hydrogen-bond acceptors (Lipinski definition) is 2. The number of methoxy groups -OCH3 is 1. The zero-order valence-corrected chi connectivity index (χ0v) is 13.4. The van der Waals surface area contributed by atoms with Crippen LogP contribution in [-0.2, 0) is 0 Å². The topological polar surface area (TPSA) is 22.1 Å². The molecular formula is C22H17NO. The van der Waals surface area contributed by atoms with Gasteiger partial charge in [0.05, 0.1) is 18.3 Å². The van der Waals surface area contributed by atoms with Crippen LogP contribution in [-0.4, -0.2) is 12.1 Å². The first-order valence-electron chi connectivity index (χ1n) is 7.95. The maximum atomic E-state index is 5.54. The number of benzene rings is 3. The Morgan fingerprint density at radius 2 is 1.50 bits per heavy atom. The Hall–Kier alpha value is -3.13. The molecule has 0 bridgehead atoms. The minimum absolute atomic E-state index is 0.866. The number of ether oxygens (including phenoxy) is 1. The van der Waals surface area contributed by atoms with Crippen molar-refractivity contribution in [2.75, 3.05) is 7.11 Å². The molecule has 3 aromatic carbocycles. The van der Waals surface area contributed by atoms with E-state index in [1.807, 2.05) is 42.5 Å². The summed E-state index contributed by atoms with van der Waals surface area (Å²) in [6.07, 6.45) is 0. The lowest BCUT2D eigenvalue weighted by atomic mass is 10.00. The van der Waals surface area contributed by atoms with E-state index in [4.69, 9.17) is 9.72 Å². The second-order valence-corrected chi connectivity index (χ2v) is 5.67. The Morgan fingerprint density at radius 3 is 2.33 bits per heavy atom. The van der Waals surface area contributed by atoms with E-state index < -0.39 is 0 Å². The lowest BCUT2D eigenvalue weighted by Crippen LogP contribution is -1.90. The second kappa shape index (κ2) is 6.17. The zero-order valence-electron chi connectivity index (χ0n) is 13.4. The molecule has 24 heavy (non-hydrogen) atoms. The van der Waals surface area contributed by atoms with Crippen LogP contribution in [0.5, 0.6) is 5.75 Å². The average molecular weight is 311 g/mol. The first-order valence-corrected chi connectivity index (χ1v) is 7.95. The van der Waals surface area contributed by atoms with Gasteiger partial charge in [-0.15, -0.1) is 0 Å². The lowest BCUT2D eigenvalue weighted by molar-refractivity contribution is 0.416. The van der Waals surface area contributed by atoms with Crippen LogP contribution in [0.4, 0.5) is 0 Å². The Kier molecular flexibility index (Phi) is 3.72. The molecule has 0 radical (unpaired) electrons. The molecule has 0 aliphatic carbocycles. The summed E-state index contributed by atoms with van der Waals surface area (Å²) in [4.78, 5) is 4.79. The standard InChI is InChI=1S/C22H17NO/c1-24-22-14-12-18(15-19(22)16-7-3-2-4-8-16)21-13-11-17-9-5-6-10-20(17)23-21/h2-15H,1H3. The number of para-hydroxylation sites is 1. The molecule has 0 aliphatic heterocycles. The van der Waals surface area contributed by atoms with E-state index in [2.05, 4.69) is 42.5 Å². The van der Waals surface area contributed by atoms with Gasteiger partial charge in [-0.1, -0.05) is 54.6 Å². The van der Waals surface area contributed by atoms with Gasteiger partial charge in [0.25, 0.3) is 0 Å². The van der Waals surface area contributed by atoms with E-state index >= 15 is 0 Å². The Bertz CT molecular complexity index is 993. The summed E-state index contributed by atoms with van der Waals surface area (Å²) in [6, 6.07) is 28.8. The first kappa shape index (κ1) is 14.5. The van der Waals surface area contributed by atoms with Crippen molar-refractivity contribution in [2.45, 2.75) is 0 Å². The van der Waals surface area contributed by atoms with Gasteiger partial charge in [-0.05, 0) is 35.9 Å². The fourth-order valence-corrected chi connectivity index (χ4v) is 2.94. The molecule has 116 valence electrons. The molecule has 0 unspecified atom stereocenters. The van der Waals surface area contributed by atoms with Crippen molar-refractivity contribution in [3.63, 3.8) is 0 Å². The third-order valence-electron chi connectivity index (χ3n) is 4.18. The van der Waals surface area contributed by atoms with Gasteiger partial charge < -0.3 is 4.74 Å². The van der Waals surface area contributed by atoms with Gasteiger partial charge in [0.1, 0.15) is 5.75 Å². The van der Waals surface area contributed by atoms with Crippen molar-refractivity contribution < 1.29 is 4.74 Å². The normalized spacial score (nSPS) is 10.7. The van der Waals surface area contributed by atoms with Crippen molar-refractivity contribution >= 4 is 10.9 Å². The Morgan fingerprint density at radius 1 is 0.708 bits per heavy atom. The van der Waals surface area contributed by atoms with Gasteiger partial charge in [0.15, 0.2) is 0 Å². The molecule has 0 atom stereocenters. The zero-order chi connectivity index (χ0) is 16.4. The fourth-order valence-electron chi connectivity index (χ4n) is 2.94. The predicted octanol–water partition coefficient (Wildman–Crippen LogP) is 5.58. The average Bonchev–Trinajstić information content (AvgIpc) is 2.68. The highest BCUT2D eigenvalue weighted by molar-refractivity contribution is 5.83. The summed E-state index contributed by atoms with van der Waals surface area (Å²) in [5, 5.41) is 1.15. The number of hydrogen-bond donors (Lipinski definition) is 0. The predicted molar refractivity (Wildman–Crippen MR) is 99.2 cm³/mol. The van der Waals surface area contributed by atoms with E-state index in [1.54, 1.807) is 7.11 Å². The molecule has 0 aliphatic rings. The van der Waals surface area contributed by atoms with Crippen molar-refractivity contribution in [1.82, 2.24) is 4.98 Å². The van der Waals surface area contributed by atoms with Crippen molar-refractivity contribution in [2.24, 2.45) is 0 Å². The molecule has 0 amide bonds. The van der Waals surface area contributed by atoms with Crippen LogP contribution in [0.15, 0.2) is 84.9 Å². The van der Waals surface area contributed by atoms with E-state index in [0.29, 0.717) is 0 Å². The quantitative estimate of drug-likeness (QED) is 0.493. The monoisotopic (exact) mass is 311 g/mol. The number of rotatable bonds is 3. The molecule has 0 fully saturated rings. The largest absolute Gasteiger partial charge is 0.496 e. The molecular weight excluding hydrogens is 294 g/mol. The van der Waals surface area contributed by atoms with Gasteiger partial charge >= 0.3 is 0 Å². The number of aromatic nitrogens is 1. The van der Waals surface area contributed by atoms with Gasteiger partial charge in [-0.2, -0.15) is 0 Å². The van der Waals surface area contributed by atoms with Crippen LogP contribution < -0.4 is 4.74 Å². The highest BCUT2D eigenvalue weighted by atomic mass is 16.5. The minimum atomic E-state index is 0.866. The lowest BCUT2D eigenvalue weighted by Gasteiger charge is -2.11. The molecule has 4 aromatic rings. The summed E-state index contributed by atoms with van der Waals surface area (Å²) < 4.78 is 5.54. The van der Waals surface area contributed by atoms with Crippen LogP contribution in [0.25, 0.3) is 33.3 Å². The maximum Gasteiger partial charge on any atom is 0.126 e. The summed E-state index contributed by atoms with van der Waals surface area (Å²) in [5.74, 6) is 0.866. The summed E-state index contributed by atoms with van der Waals surface area (Å²) >= 11 is 0. The van der Waals surface area contributed by atoms with E-state index in [9.17, 15) is 0 Å². The van der Waals surface area contributed by atoms with Crippen LogP contribution >= 0.6 is 0 Å². The van der Waals surface area contributed by atoms with Gasteiger partial charge in [-0.25, -0.2) is 4.98 Å². The third kappa shape index (κ3) is 2.63. The number of pyridine rings is 1. The molecule has 2 nitrogen and oxygen atoms in total. The van der Waals surface area contributed by atoms with E-state index in [1.165, 1.54) is 0 Å². The fraction of sp³-hybridized carbons (Fsp3) is 0.0455. The Balaban J connectivity index is 1.86. The maximum absolute atomic E-state index is 5.54. The molecule has 0 saturated heterocycles. The summed E-state index contributed by atoms with van der Waals surface area (Å²) in [7, 11) is 1.70. The van der Waals surface area contributed by atoms with Crippen LogP contribution in [0.1, 0.15) is 0 Å². The Labute approximate surface area is 141 Å². The molecule has 0 spiro atoms. The summed E-state index contributed by atoms with van der Waals surface area (Å²) in [5.41, 5.74) is 5.27. The second-order valence-electron chi connectivity index (χ2n) is 5.67. The van der Waals surface area contributed by atoms with Crippen LogP contribution in [0, 0.1) is 0 Å². The number of nitrogens with zero attached hydrogens (tertiary/aromatic N) is 1. The minimum Gasteiger partial charge on any atom is -0.496 e. The van der Waals surface area contributed by atoms with E-state index in [0.717, 1.165) is 39.0 Å². The molecule has 2 heteroatoms. The molecule has 1 heterocycles. The molecule has 0 N–H and O–H groups in total. The molecule has 1 aromatic heterocycles. The smallest absolute Gasteiger partial charge is 0.126 e. The van der Waals surface area contributed by atoms with Gasteiger partial charge in [0.2, 0.25) is 0 Å². The van der Waals surface area contributed by atoms with Gasteiger partial charge in [0, 0.05) is 16.5 Å². The van der Waals surface area contributed by atoms with Crippen molar-refractivity contribution in [1.29, 1.82) is 0 Å². The van der Waals surface area contributed by atoms with Crippen molar-refractivity contribution in [3.8, 4) is 28.1 Å². The highest BCUT2D eigenvalue weighted by Crippen LogP contribution is 2.34. The van der Waals surface area contributed by atoms with Crippen LogP contribution in [0.2, 0.25) is 0 Å². The summed E-state index contributed by atoms with van der Waals surface area (Å²) in [6.45, 7) is 0. The van der Waals surface area contributed by atoms with Gasteiger partial charge in [-0.3, -0.25) is 0 Å².